The van der Waals surface area contributed by atoms with Gasteiger partial charge in [0.25, 0.3) is 5.91 Å². The van der Waals surface area contributed by atoms with Crippen molar-refractivity contribution in [2.24, 2.45) is 0 Å². The zero-order valence-corrected chi connectivity index (χ0v) is 12.3. The Labute approximate surface area is 123 Å². The number of amides is 1. The number of rotatable bonds is 4. The van der Waals surface area contributed by atoms with Gasteiger partial charge < -0.3 is 20.1 Å². The average Bonchev–Trinajstić information content (AvgIpc) is 2.49. The van der Waals surface area contributed by atoms with Crippen LogP contribution in [-0.2, 0) is 4.74 Å². The average molecular weight is 296 g/mol. The Morgan fingerprint density at radius 1 is 1.57 bits per heavy atom. The van der Waals surface area contributed by atoms with Crippen molar-refractivity contribution in [3.8, 4) is 0 Å². The molecule has 0 bridgehead atoms. The molecule has 1 aromatic rings. The summed E-state index contributed by atoms with van der Waals surface area (Å²) in [5, 5.41) is 12.1. The van der Waals surface area contributed by atoms with Gasteiger partial charge in [-0.05, 0) is 26.0 Å². The van der Waals surface area contributed by atoms with Gasteiger partial charge in [-0.15, -0.1) is 0 Å². The molecule has 2 unspecified atom stereocenters. The molecule has 6 heteroatoms. The van der Waals surface area contributed by atoms with Crippen LogP contribution in [0.4, 0.5) is 10.1 Å². The van der Waals surface area contributed by atoms with Crippen molar-refractivity contribution in [1.82, 2.24) is 4.90 Å². The Kier molecular flexibility index (Phi) is 5.14. The first-order chi connectivity index (χ1) is 10.1. The van der Waals surface area contributed by atoms with Crippen molar-refractivity contribution in [2.75, 3.05) is 31.6 Å². The third-order valence-electron chi connectivity index (χ3n) is 3.57. The Hall–Kier alpha value is -1.66. The second kappa shape index (κ2) is 6.87. The van der Waals surface area contributed by atoms with E-state index in [1.54, 1.807) is 11.0 Å². The molecule has 0 aromatic heterocycles. The van der Waals surface area contributed by atoms with Gasteiger partial charge in [0.05, 0.1) is 36.6 Å². The number of hydrogen-bond donors (Lipinski definition) is 2. The van der Waals surface area contributed by atoms with E-state index in [1.807, 2.05) is 13.8 Å². The van der Waals surface area contributed by atoms with Gasteiger partial charge in [-0.1, -0.05) is 6.07 Å². The number of anilines is 1. The van der Waals surface area contributed by atoms with E-state index >= 15 is 0 Å². The van der Waals surface area contributed by atoms with Gasteiger partial charge in [0.2, 0.25) is 0 Å². The van der Waals surface area contributed by atoms with Crippen LogP contribution in [0.2, 0.25) is 0 Å². The number of carbonyl (C=O) groups excluding carboxylic acids is 1. The summed E-state index contributed by atoms with van der Waals surface area (Å²) in [4.78, 5) is 14.3. The summed E-state index contributed by atoms with van der Waals surface area (Å²) in [6.07, 6.45) is -0.388. The Bertz CT molecular complexity index is 510. The van der Waals surface area contributed by atoms with Crippen LogP contribution in [0, 0.1) is 5.82 Å². The fourth-order valence-corrected chi connectivity index (χ4v) is 2.42. The SMILES string of the molecule is CCNc1c(F)cccc1C(=O)N1CC(CO)OCC1C. The first kappa shape index (κ1) is 15.7. The molecule has 1 heterocycles. The summed E-state index contributed by atoms with van der Waals surface area (Å²) in [6.45, 7) is 4.78. The van der Waals surface area contributed by atoms with Crippen LogP contribution in [0.1, 0.15) is 24.2 Å². The summed E-state index contributed by atoms with van der Waals surface area (Å²) in [5.74, 6) is -0.693. The van der Waals surface area contributed by atoms with Gasteiger partial charge in [-0.3, -0.25) is 4.79 Å². The highest BCUT2D eigenvalue weighted by molar-refractivity contribution is 6.00. The first-order valence-corrected chi connectivity index (χ1v) is 7.14. The summed E-state index contributed by atoms with van der Waals surface area (Å²) >= 11 is 0. The molecule has 1 aliphatic rings. The highest BCUT2D eigenvalue weighted by Gasteiger charge is 2.31. The maximum absolute atomic E-state index is 13.9. The number of carbonyl (C=O) groups is 1. The molecule has 21 heavy (non-hydrogen) atoms. The smallest absolute Gasteiger partial charge is 0.256 e. The van der Waals surface area contributed by atoms with Crippen LogP contribution < -0.4 is 5.32 Å². The van der Waals surface area contributed by atoms with Crippen molar-refractivity contribution in [3.05, 3.63) is 29.6 Å². The predicted molar refractivity (Wildman–Crippen MR) is 77.9 cm³/mol. The van der Waals surface area contributed by atoms with E-state index in [9.17, 15) is 14.3 Å². The molecule has 1 saturated heterocycles. The van der Waals surface area contributed by atoms with Crippen molar-refractivity contribution >= 4 is 11.6 Å². The second-order valence-electron chi connectivity index (χ2n) is 5.14. The molecular formula is C15H21FN2O3. The molecule has 0 spiro atoms. The topological polar surface area (TPSA) is 61.8 Å². The van der Waals surface area contributed by atoms with E-state index in [0.29, 0.717) is 25.3 Å². The third kappa shape index (κ3) is 3.33. The summed E-state index contributed by atoms with van der Waals surface area (Å²) < 4.78 is 19.3. The van der Waals surface area contributed by atoms with E-state index in [4.69, 9.17) is 4.74 Å². The molecule has 1 aliphatic heterocycles. The molecule has 2 rings (SSSR count). The fourth-order valence-electron chi connectivity index (χ4n) is 2.42. The molecular weight excluding hydrogens is 275 g/mol. The lowest BCUT2D eigenvalue weighted by Gasteiger charge is -2.37. The minimum absolute atomic E-state index is 0.113. The van der Waals surface area contributed by atoms with Crippen molar-refractivity contribution in [1.29, 1.82) is 0 Å². The molecule has 2 N–H and O–H groups in total. The molecule has 1 aromatic carbocycles. The van der Waals surface area contributed by atoms with Crippen molar-refractivity contribution in [2.45, 2.75) is 26.0 Å². The summed E-state index contributed by atoms with van der Waals surface area (Å²) in [7, 11) is 0. The Morgan fingerprint density at radius 2 is 2.33 bits per heavy atom. The van der Waals surface area contributed by atoms with Gasteiger partial charge in [0.1, 0.15) is 5.82 Å². The predicted octanol–water partition coefficient (Wildman–Crippen LogP) is 1.48. The normalized spacial score (nSPS) is 22.2. The zero-order chi connectivity index (χ0) is 15.4. The lowest BCUT2D eigenvalue weighted by Crippen LogP contribution is -2.52. The van der Waals surface area contributed by atoms with Gasteiger partial charge >= 0.3 is 0 Å². The van der Waals surface area contributed by atoms with E-state index < -0.39 is 5.82 Å². The molecule has 1 fully saturated rings. The molecule has 1 amide bonds. The number of benzene rings is 1. The van der Waals surface area contributed by atoms with Gasteiger partial charge in [0.15, 0.2) is 0 Å². The number of hydrogen-bond acceptors (Lipinski definition) is 4. The lowest BCUT2D eigenvalue weighted by molar-refractivity contribution is -0.0667. The third-order valence-corrected chi connectivity index (χ3v) is 3.57. The standard InChI is InChI=1S/C15H21FN2O3/c1-3-17-14-12(5-4-6-13(14)16)15(20)18-7-11(8-19)21-9-10(18)2/h4-6,10-11,17,19H,3,7-9H2,1-2H3. The van der Waals surface area contributed by atoms with Crippen molar-refractivity contribution < 1.29 is 19.0 Å². The minimum Gasteiger partial charge on any atom is -0.394 e. The van der Waals surface area contributed by atoms with E-state index in [-0.39, 0.29) is 30.3 Å². The summed E-state index contributed by atoms with van der Waals surface area (Å²) in [6, 6.07) is 4.35. The number of para-hydroxylation sites is 1. The Balaban J connectivity index is 2.28. The quantitative estimate of drug-likeness (QED) is 0.883. The van der Waals surface area contributed by atoms with Gasteiger partial charge in [0, 0.05) is 13.1 Å². The number of halogens is 1. The number of nitrogens with one attached hydrogen (secondary N) is 1. The number of nitrogens with zero attached hydrogens (tertiary/aromatic N) is 1. The fraction of sp³-hybridized carbons (Fsp3) is 0.533. The Morgan fingerprint density at radius 3 is 3.00 bits per heavy atom. The highest BCUT2D eigenvalue weighted by Crippen LogP contribution is 2.23. The van der Waals surface area contributed by atoms with Crippen LogP contribution in [-0.4, -0.2) is 54.4 Å². The first-order valence-electron chi connectivity index (χ1n) is 7.14. The minimum atomic E-state index is -0.442. The monoisotopic (exact) mass is 296 g/mol. The molecule has 116 valence electrons. The van der Waals surface area contributed by atoms with Gasteiger partial charge in [-0.2, -0.15) is 0 Å². The maximum atomic E-state index is 13.9. The van der Waals surface area contributed by atoms with Crippen LogP contribution >= 0.6 is 0 Å². The van der Waals surface area contributed by atoms with Crippen LogP contribution in [0.5, 0.6) is 0 Å². The molecule has 2 atom stereocenters. The van der Waals surface area contributed by atoms with E-state index in [2.05, 4.69) is 5.32 Å². The lowest BCUT2D eigenvalue weighted by atomic mass is 10.1. The molecule has 0 aliphatic carbocycles. The number of aliphatic hydroxyl groups is 1. The number of ether oxygens (including phenoxy) is 1. The number of aliphatic hydroxyl groups excluding tert-OH is 1. The van der Waals surface area contributed by atoms with Gasteiger partial charge in [-0.25, -0.2) is 4.39 Å². The summed E-state index contributed by atoms with van der Waals surface area (Å²) in [5.41, 5.74) is 0.534. The van der Waals surface area contributed by atoms with E-state index in [0.717, 1.165) is 0 Å². The van der Waals surface area contributed by atoms with Crippen molar-refractivity contribution in [3.63, 3.8) is 0 Å². The van der Waals surface area contributed by atoms with Crippen LogP contribution in [0.25, 0.3) is 0 Å². The van der Waals surface area contributed by atoms with Crippen LogP contribution in [0.15, 0.2) is 18.2 Å². The molecule has 0 saturated carbocycles. The maximum Gasteiger partial charge on any atom is 0.256 e. The molecule has 0 radical (unpaired) electrons. The second-order valence-corrected chi connectivity index (χ2v) is 5.14. The molecule has 5 nitrogen and oxygen atoms in total. The van der Waals surface area contributed by atoms with Crippen LogP contribution in [0.3, 0.4) is 0 Å². The van der Waals surface area contributed by atoms with E-state index in [1.165, 1.54) is 12.1 Å². The number of morpholine rings is 1. The largest absolute Gasteiger partial charge is 0.394 e. The zero-order valence-electron chi connectivity index (χ0n) is 12.3. The highest BCUT2D eigenvalue weighted by atomic mass is 19.1.